The van der Waals surface area contributed by atoms with Gasteiger partial charge in [-0.3, -0.25) is 19.4 Å². The van der Waals surface area contributed by atoms with Crippen molar-refractivity contribution in [2.75, 3.05) is 16.8 Å². The third kappa shape index (κ3) is 3.54. The number of halogens is 3. The van der Waals surface area contributed by atoms with Crippen LogP contribution >= 0.6 is 23.2 Å². The van der Waals surface area contributed by atoms with Gasteiger partial charge < -0.3 is 5.32 Å². The summed E-state index contributed by atoms with van der Waals surface area (Å²) >= 11 is 11.8. The highest BCUT2D eigenvalue weighted by Gasteiger charge is 2.55. The maximum atomic E-state index is 13.5. The minimum Gasteiger partial charge on any atom is -0.324 e. The molecule has 3 amide bonds. The van der Waals surface area contributed by atoms with E-state index in [-0.39, 0.29) is 17.3 Å². The standard InChI is InChI=1S/C18H12Cl2FN5O3/c19-12-5-4-10(7-13(12)20)22-14(27)8-25-16-15(23-24-25)17(28)26(18(16)29)11-3-1-2-9(21)6-11/h1-7,15-16H,8H2,(H,22,27)/t15-,16-/m0/s1. The molecule has 4 rings (SSSR count). The maximum Gasteiger partial charge on any atom is 0.263 e. The van der Waals surface area contributed by atoms with Crippen LogP contribution in [0.5, 0.6) is 0 Å². The molecule has 2 heterocycles. The number of carbonyl (C=O) groups is 3. The van der Waals surface area contributed by atoms with E-state index in [4.69, 9.17) is 23.2 Å². The fourth-order valence-corrected chi connectivity index (χ4v) is 3.44. The number of fused-ring (bicyclic) bond motifs is 1. The second kappa shape index (κ2) is 7.41. The van der Waals surface area contributed by atoms with E-state index in [1.54, 1.807) is 6.07 Å². The first-order valence-corrected chi connectivity index (χ1v) is 9.16. The monoisotopic (exact) mass is 435 g/mol. The number of nitrogens with zero attached hydrogens (tertiary/aromatic N) is 4. The zero-order valence-corrected chi connectivity index (χ0v) is 16.1. The van der Waals surface area contributed by atoms with Gasteiger partial charge >= 0.3 is 0 Å². The molecule has 29 heavy (non-hydrogen) atoms. The average molecular weight is 436 g/mol. The summed E-state index contributed by atoms with van der Waals surface area (Å²) in [4.78, 5) is 38.6. The summed E-state index contributed by atoms with van der Waals surface area (Å²) in [5, 5.41) is 12.0. The normalized spacial score (nSPS) is 20.4. The van der Waals surface area contributed by atoms with Crippen molar-refractivity contribution in [1.82, 2.24) is 5.01 Å². The number of amides is 3. The largest absolute Gasteiger partial charge is 0.324 e. The summed E-state index contributed by atoms with van der Waals surface area (Å²) in [7, 11) is 0. The van der Waals surface area contributed by atoms with E-state index >= 15 is 0 Å². The highest BCUT2D eigenvalue weighted by molar-refractivity contribution is 6.42. The molecular weight excluding hydrogens is 424 g/mol. The van der Waals surface area contributed by atoms with Gasteiger partial charge in [0.05, 0.1) is 15.7 Å². The zero-order chi connectivity index (χ0) is 20.7. The van der Waals surface area contributed by atoms with Crippen molar-refractivity contribution in [2.24, 2.45) is 10.3 Å². The minimum absolute atomic E-state index is 0.102. The first-order valence-electron chi connectivity index (χ1n) is 8.41. The molecule has 2 atom stereocenters. The fraction of sp³-hybridized carbons (Fsp3) is 0.167. The molecule has 1 N–H and O–H groups in total. The predicted octanol–water partition coefficient (Wildman–Crippen LogP) is 3.06. The molecular formula is C18H12Cl2FN5O3. The molecule has 1 saturated heterocycles. The summed E-state index contributed by atoms with van der Waals surface area (Å²) in [6.45, 7) is -0.319. The van der Waals surface area contributed by atoms with Gasteiger partial charge in [-0.05, 0) is 36.4 Å². The molecule has 11 heteroatoms. The van der Waals surface area contributed by atoms with Crippen molar-refractivity contribution in [2.45, 2.75) is 12.1 Å². The smallest absolute Gasteiger partial charge is 0.263 e. The third-order valence-electron chi connectivity index (χ3n) is 4.43. The van der Waals surface area contributed by atoms with Crippen molar-refractivity contribution in [3.8, 4) is 0 Å². The Morgan fingerprint density at radius 1 is 1.10 bits per heavy atom. The number of rotatable bonds is 4. The van der Waals surface area contributed by atoms with E-state index in [0.29, 0.717) is 10.7 Å². The number of benzene rings is 2. The van der Waals surface area contributed by atoms with E-state index in [0.717, 1.165) is 16.0 Å². The van der Waals surface area contributed by atoms with Crippen LogP contribution in [0.25, 0.3) is 0 Å². The van der Waals surface area contributed by atoms with Crippen molar-refractivity contribution >= 4 is 52.3 Å². The molecule has 0 radical (unpaired) electrons. The highest BCUT2D eigenvalue weighted by Crippen LogP contribution is 2.32. The molecule has 0 aliphatic carbocycles. The molecule has 2 aliphatic rings. The number of imide groups is 1. The number of hydrogen-bond acceptors (Lipinski definition) is 6. The lowest BCUT2D eigenvalue weighted by Gasteiger charge is -2.20. The van der Waals surface area contributed by atoms with Crippen LogP contribution in [0.2, 0.25) is 10.0 Å². The summed E-state index contributed by atoms with van der Waals surface area (Å²) < 4.78 is 13.5. The number of anilines is 2. The SMILES string of the molecule is O=C(CN1N=N[C@@H]2C(=O)N(c3cccc(F)c3)C(=O)[C@H]21)Nc1ccc(Cl)c(Cl)c1. The van der Waals surface area contributed by atoms with E-state index < -0.39 is 35.6 Å². The van der Waals surface area contributed by atoms with Crippen LogP contribution in [0, 0.1) is 5.82 Å². The Morgan fingerprint density at radius 3 is 2.62 bits per heavy atom. The molecule has 1 fully saturated rings. The van der Waals surface area contributed by atoms with Gasteiger partial charge in [0.15, 0.2) is 12.1 Å². The Morgan fingerprint density at radius 2 is 1.90 bits per heavy atom. The number of carbonyl (C=O) groups excluding carboxylic acids is 3. The van der Waals surface area contributed by atoms with Crippen molar-refractivity contribution in [3.05, 3.63) is 58.3 Å². The summed E-state index contributed by atoms with van der Waals surface area (Å²) in [5.74, 6) is -2.33. The first kappa shape index (κ1) is 19.3. The molecule has 0 unspecified atom stereocenters. The lowest BCUT2D eigenvalue weighted by molar-refractivity contribution is -0.123. The number of nitrogens with one attached hydrogen (secondary N) is 1. The van der Waals surface area contributed by atoms with Gasteiger partial charge in [0.2, 0.25) is 5.91 Å². The molecule has 148 valence electrons. The topological polar surface area (TPSA) is 94.4 Å². The second-order valence-electron chi connectivity index (χ2n) is 6.36. The van der Waals surface area contributed by atoms with Gasteiger partial charge in [-0.15, -0.1) is 0 Å². The van der Waals surface area contributed by atoms with Crippen LogP contribution in [0.4, 0.5) is 15.8 Å². The van der Waals surface area contributed by atoms with Crippen molar-refractivity contribution in [1.29, 1.82) is 0 Å². The fourth-order valence-electron chi connectivity index (χ4n) is 3.15. The van der Waals surface area contributed by atoms with Gasteiger partial charge in [0.25, 0.3) is 11.8 Å². The molecule has 0 bridgehead atoms. The van der Waals surface area contributed by atoms with Gasteiger partial charge in [0, 0.05) is 5.69 Å². The lowest BCUT2D eigenvalue weighted by atomic mass is 10.1. The van der Waals surface area contributed by atoms with Gasteiger partial charge in [-0.2, -0.15) is 5.11 Å². The molecule has 8 nitrogen and oxygen atoms in total. The minimum atomic E-state index is -1.08. The van der Waals surface area contributed by atoms with Gasteiger partial charge in [-0.1, -0.05) is 34.5 Å². The van der Waals surface area contributed by atoms with E-state index in [9.17, 15) is 18.8 Å². The van der Waals surface area contributed by atoms with Crippen molar-refractivity contribution < 1.29 is 18.8 Å². The van der Waals surface area contributed by atoms with Crippen LogP contribution in [0.15, 0.2) is 52.8 Å². The van der Waals surface area contributed by atoms with Crippen LogP contribution in [0.1, 0.15) is 0 Å². The van der Waals surface area contributed by atoms with Crippen LogP contribution in [0.3, 0.4) is 0 Å². The molecule has 0 spiro atoms. The first-order chi connectivity index (χ1) is 13.8. The average Bonchev–Trinajstić information content (AvgIpc) is 3.18. The highest BCUT2D eigenvalue weighted by atomic mass is 35.5. The van der Waals surface area contributed by atoms with Gasteiger partial charge in [-0.25, -0.2) is 9.29 Å². The lowest BCUT2D eigenvalue weighted by Crippen LogP contribution is -2.43. The quantitative estimate of drug-likeness (QED) is 0.746. The predicted molar refractivity (Wildman–Crippen MR) is 103 cm³/mol. The summed E-state index contributed by atoms with van der Waals surface area (Å²) in [6, 6.07) is 7.55. The molecule has 2 aliphatic heterocycles. The summed E-state index contributed by atoms with van der Waals surface area (Å²) in [6.07, 6.45) is 0. The van der Waals surface area contributed by atoms with Crippen LogP contribution in [-0.2, 0) is 14.4 Å². The Balaban J connectivity index is 1.49. The van der Waals surface area contributed by atoms with Crippen LogP contribution < -0.4 is 10.2 Å². The zero-order valence-electron chi connectivity index (χ0n) is 14.6. The van der Waals surface area contributed by atoms with E-state index in [1.807, 2.05) is 0 Å². The second-order valence-corrected chi connectivity index (χ2v) is 7.18. The van der Waals surface area contributed by atoms with E-state index in [2.05, 4.69) is 15.7 Å². The number of hydrogen-bond donors (Lipinski definition) is 1. The maximum absolute atomic E-state index is 13.5. The Bertz CT molecular complexity index is 1060. The molecule has 2 aromatic carbocycles. The van der Waals surface area contributed by atoms with E-state index in [1.165, 1.54) is 30.3 Å². The van der Waals surface area contributed by atoms with Crippen LogP contribution in [-0.4, -0.2) is 41.4 Å². The Labute approximate surface area is 173 Å². The molecule has 0 saturated carbocycles. The third-order valence-corrected chi connectivity index (χ3v) is 5.17. The van der Waals surface area contributed by atoms with Gasteiger partial charge in [0.1, 0.15) is 12.4 Å². The molecule has 2 aromatic rings. The Kier molecular flexibility index (Phi) is 4.93. The van der Waals surface area contributed by atoms with Crippen molar-refractivity contribution in [3.63, 3.8) is 0 Å². The molecule has 0 aromatic heterocycles. The summed E-state index contributed by atoms with van der Waals surface area (Å²) in [5.41, 5.74) is 0.511. The Hall–Kier alpha value is -3.04.